The lowest BCUT2D eigenvalue weighted by atomic mass is 10.2. The van der Waals surface area contributed by atoms with E-state index in [0.717, 1.165) is 24.5 Å². The van der Waals surface area contributed by atoms with E-state index >= 15 is 0 Å². The molecule has 0 saturated carbocycles. The first kappa shape index (κ1) is 14.4. The van der Waals surface area contributed by atoms with Crippen LogP contribution in [0.4, 0.5) is 5.69 Å². The largest absolute Gasteiger partial charge is 0.395 e. The molecule has 0 unspecified atom stereocenters. The molecule has 0 fully saturated rings. The van der Waals surface area contributed by atoms with E-state index in [1.165, 1.54) is 4.90 Å². The summed E-state index contributed by atoms with van der Waals surface area (Å²) in [6, 6.07) is 8.03. The van der Waals surface area contributed by atoms with Gasteiger partial charge in [0.1, 0.15) is 0 Å². The van der Waals surface area contributed by atoms with Crippen molar-refractivity contribution in [3.05, 3.63) is 24.3 Å². The third-order valence-corrected chi connectivity index (χ3v) is 4.29. The lowest BCUT2D eigenvalue weighted by Gasteiger charge is -2.31. The summed E-state index contributed by atoms with van der Waals surface area (Å²) in [4.78, 5) is 17.4. The van der Waals surface area contributed by atoms with Crippen LogP contribution in [0.15, 0.2) is 29.2 Å². The van der Waals surface area contributed by atoms with Gasteiger partial charge in [0.05, 0.1) is 18.8 Å². The van der Waals surface area contributed by atoms with Gasteiger partial charge in [0, 0.05) is 23.7 Å². The summed E-state index contributed by atoms with van der Waals surface area (Å²) in [5, 5.41) is 8.98. The molecule has 104 valence electrons. The smallest absolute Gasteiger partial charge is 0.241 e. The molecule has 0 radical (unpaired) electrons. The minimum atomic E-state index is 0.0908. The number of aliphatic hydroxyl groups is 1. The lowest BCUT2D eigenvalue weighted by molar-refractivity contribution is -0.119. The Bertz CT molecular complexity index is 439. The molecule has 0 aliphatic carbocycles. The van der Waals surface area contributed by atoms with Gasteiger partial charge in [0.15, 0.2) is 0 Å². The van der Waals surface area contributed by atoms with Crippen LogP contribution < -0.4 is 4.90 Å². The topological polar surface area (TPSA) is 43.8 Å². The van der Waals surface area contributed by atoms with Gasteiger partial charge in [-0.05, 0) is 18.7 Å². The fraction of sp³-hybridized carbons (Fsp3) is 0.500. The van der Waals surface area contributed by atoms with E-state index in [2.05, 4.69) is 6.07 Å². The van der Waals surface area contributed by atoms with E-state index in [1.54, 1.807) is 11.8 Å². The van der Waals surface area contributed by atoms with Gasteiger partial charge in [-0.25, -0.2) is 0 Å². The predicted molar refractivity (Wildman–Crippen MR) is 78.7 cm³/mol. The minimum absolute atomic E-state index is 0.0908. The summed E-state index contributed by atoms with van der Waals surface area (Å²) in [6.45, 7) is 4.55. The number of likely N-dealkylation sites (N-methyl/N-ethyl adjacent to an activating group) is 1. The van der Waals surface area contributed by atoms with Gasteiger partial charge in [-0.1, -0.05) is 19.1 Å². The summed E-state index contributed by atoms with van der Waals surface area (Å²) in [7, 11) is 0. The Balaban J connectivity index is 2.08. The molecule has 0 spiro atoms. The van der Waals surface area contributed by atoms with Gasteiger partial charge in [0.25, 0.3) is 0 Å². The number of para-hydroxylation sites is 1. The molecule has 0 atom stereocenters. The van der Waals surface area contributed by atoms with Gasteiger partial charge in [-0.15, -0.1) is 11.8 Å². The maximum Gasteiger partial charge on any atom is 0.241 e. The van der Waals surface area contributed by atoms with E-state index in [-0.39, 0.29) is 12.5 Å². The van der Waals surface area contributed by atoms with E-state index in [1.807, 2.05) is 34.9 Å². The number of carbonyl (C=O) groups excluding carboxylic acids is 1. The number of aliphatic hydroxyl groups excluding tert-OH is 1. The van der Waals surface area contributed by atoms with Gasteiger partial charge in [-0.2, -0.15) is 0 Å². The standard InChI is InChI=1S/C14H20N2O2S/c1-2-15(7-9-17)11-14(18)16-8-10-19-13-6-4-3-5-12(13)16/h3-6,17H,2,7-11H2,1H3. The Morgan fingerprint density at radius 2 is 2.26 bits per heavy atom. The summed E-state index contributed by atoms with van der Waals surface area (Å²) in [6.07, 6.45) is 0. The molecule has 0 saturated heterocycles. The van der Waals surface area contributed by atoms with Crippen LogP contribution in [0.2, 0.25) is 0 Å². The average Bonchev–Trinajstić information content (AvgIpc) is 2.46. The van der Waals surface area contributed by atoms with Crippen molar-refractivity contribution >= 4 is 23.4 Å². The van der Waals surface area contributed by atoms with Crippen molar-refractivity contribution in [1.29, 1.82) is 0 Å². The molecular formula is C14H20N2O2S. The van der Waals surface area contributed by atoms with Crippen LogP contribution in [0.3, 0.4) is 0 Å². The van der Waals surface area contributed by atoms with Gasteiger partial charge in [-0.3, -0.25) is 9.69 Å². The third kappa shape index (κ3) is 3.49. The highest BCUT2D eigenvalue weighted by Gasteiger charge is 2.23. The summed E-state index contributed by atoms with van der Waals surface area (Å²) < 4.78 is 0. The number of nitrogens with zero attached hydrogens (tertiary/aromatic N) is 2. The molecule has 2 rings (SSSR count). The highest BCUT2D eigenvalue weighted by atomic mass is 32.2. The predicted octanol–water partition coefficient (Wildman–Crippen LogP) is 1.44. The number of thioether (sulfide) groups is 1. The van der Waals surface area contributed by atoms with Gasteiger partial charge in [0.2, 0.25) is 5.91 Å². The third-order valence-electron chi connectivity index (χ3n) is 3.25. The molecule has 1 heterocycles. The number of amides is 1. The highest BCUT2D eigenvalue weighted by Crippen LogP contribution is 2.34. The maximum atomic E-state index is 12.4. The summed E-state index contributed by atoms with van der Waals surface area (Å²) in [5.41, 5.74) is 1.02. The van der Waals surface area contributed by atoms with Crippen LogP contribution in [-0.2, 0) is 4.79 Å². The molecule has 4 nitrogen and oxygen atoms in total. The van der Waals surface area contributed by atoms with E-state index < -0.39 is 0 Å². The number of hydrogen-bond donors (Lipinski definition) is 1. The molecule has 1 aromatic rings. The SMILES string of the molecule is CCN(CCO)CC(=O)N1CCSc2ccccc21. The zero-order valence-corrected chi connectivity index (χ0v) is 12.0. The van der Waals surface area contributed by atoms with E-state index in [4.69, 9.17) is 5.11 Å². The van der Waals surface area contributed by atoms with Crippen LogP contribution >= 0.6 is 11.8 Å². The second-order valence-electron chi connectivity index (χ2n) is 4.45. The molecule has 1 amide bonds. The van der Waals surface area contributed by atoms with Crippen molar-refractivity contribution in [2.75, 3.05) is 43.4 Å². The Labute approximate surface area is 118 Å². The number of anilines is 1. The quantitative estimate of drug-likeness (QED) is 0.886. The average molecular weight is 280 g/mol. The van der Waals surface area contributed by atoms with Crippen molar-refractivity contribution in [2.45, 2.75) is 11.8 Å². The minimum Gasteiger partial charge on any atom is -0.395 e. The molecule has 19 heavy (non-hydrogen) atoms. The monoisotopic (exact) mass is 280 g/mol. The van der Waals surface area contributed by atoms with Gasteiger partial charge >= 0.3 is 0 Å². The molecule has 1 aromatic carbocycles. The Hall–Kier alpha value is -1.04. The highest BCUT2D eigenvalue weighted by molar-refractivity contribution is 7.99. The molecule has 0 bridgehead atoms. The number of carbonyl (C=O) groups is 1. The normalized spacial score (nSPS) is 14.6. The van der Waals surface area contributed by atoms with E-state index in [0.29, 0.717) is 13.1 Å². The van der Waals surface area contributed by atoms with Crippen molar-refractivity contribution in [1.82, 2.24) is 4.90 Å². The molecule has 0 aromatic heterocycles. The number of hydrogen-bond acceptors (Lipinski definition) is 4. The fourth-order valence-corrected chi connectivity index (χ4v) is 3.19. The Morgan fingerprint density at radius 3 is 3.00 bits per heavy atom. The number of benzene rings is 1. The molecule has 1 aliphatic heterocycles. The van der Waals surface area contributed by atoms with E-state index in [9.17, 15) is 4.79 Å². The molecule has 5 heteroatoms. The maximum absolute atomic E-state index is 12.4. The molecule has 1 N–H and O–H groups in total. The Kier molecular flexibility index (Phi) is 5.24. The first-order chi connectivity index (χ1) is 9.26. The number of rotatable bonds is 5. The first-order valence-corrected chi connectivity index (χ1v) is 7.60. The fourth-order valence-electron chi connectivity index (χ4n) is 2.20. The van der Waals surface area contributed by atoms with Crippen LogP contribution in [0.25, 0.3) is 0 Å². The van der Waals surface area contributed by atoms with Crippen molar-refractivity contribution < 1.29 is 9.90 Å². The number of fused-ring (bicyclic) bond motifs is 1. The Morgan fingerprint density at radius 1 is 1.47 bits per heavy atom. The molecule has 1 aliphatic rings. The first-order valence-electron chi connectivity index (χ1n) is 6.61. The van der Waals surface area contributed by atoms with Crippen molar-refractivity contribution in [2.24, 2.45) is 0 Å². The van der Waals surface area contributed by atoms with Crippen LogP contribution in [0.1, 0.15) is 6.92 Å². The van der Waals surface area contributed by atoms with Crippen LogP contribution in [0, 0.1) is 0 Å². The summed E-state index contributed by atoms with van der Waals surface area (Å²) in [5.74, 6) is 1.05. The second kappa shape index (κ2) is 6.93. The second-order valence-corrected chi connectivity index (χ2v) is 5.59. The van der Waals surface area contributed by atoms with Crippen molar-refractivity contribution in [3.8, 4) is 0 Å². The van der Waals surface area contributed by atoms with Crippen molar-refractivity contribution in [3.63, 3.8) is 0 Å². The van der Waals surface area contributed by atoms with Crippen LogP contribution in [0.5, 0.6) is 0 Å². The van der Waals surface area contributed by atoms with Crippen LogP contribution in [-0.4, -0.2) is 54.5 Å². The molecular weight excluding hydrogens is 260 g/mol. The zero-order valence-electron chi connectivity index (χ0n) is 11.2. The van der Waals surface area contributed by atoms with Gasteiger partial charge < -0.3 is 10.0 Å². The summed E-state index contributed by atoms with van der Waals surface area (Å²) >= 11 is 1.80. The lowest BCUT2D eigenvalue weighted by Crippen LogP contribution is -2.43. The zero-order chi connectivity index (χ0) is 13.7.